The molecule has 0 bridgehead atoms. The number of carbonyl (C=O) groups is 1. The zero-order chi connectivity index (χ0) is 14.0. The molecule has 0 radical (unpaired) electrons. The van der Waals surface area contributed by atoms with Gasteiger partial charge in [-0.3, -0.25) is 4.79 Å². The summed E-state index contributed by atoms with van der Waals surface area (Å²) >= 11 is 16.9. The van der Waals surface area contributed by atoms with Gasteiger partial charge in [-0.15, -0.1) is 12.6 Å². The van der Waals surface area contributed by atoms with Crippen molar-refractivity contribution in [3.8, 4) is 0 Å². The third-order valence-electron chi connectivity index (χ3n) is 2.40. The van der Waals surface area contributed by atoms with Gasteiger partial charge >= 0.3 is 0 Å². The first kappa shape index (κ1) is 14.9. The largest absolute Gasteiger partial charge is 0.321 e. The van der Waals surface area contributed by atoms with Crippen molar-refractivity contribution in [1.82, 2.24) is 0 Å². The number of amides is 1. The molecule has 1 amide bonds. The zero-order valence-corrected chi connectivity index (χ0v) is 14.3. The summed E-state index contributed by atoms with van der Waals surface area (Å²) in [5.74, 6) is -0.236. The van der Waals surface area contributed by atoms with Crippen LogP contribution in [-0.2, 0) is 0 Å². The number of hydrogen-bond acceptors (Lipinski definition) is 2. The Morgan fingerprint density at radius 3 is 2.63 bits per heavy atom. The van der Waals surface area contributed by atoms with Gasteiger partial charge in [0, 0.05) is 9.37 Å². The first-order valence-electron chi connectivity index (χ1n) is 5.23. The van der Waals surface area contributed by atoms with Crippen molar-refractivity contribution >= 4 is 67.7 Å². The molecule has 0 spiro atoms. The molecule has 0 heterocycles. The molecule has 1 N–H and O–H groups in total. The number of hydrogen-bond donors (Lipinski definition) is 2. The predicted molar refractivity (Wildman–Crippen MR) is 88.5 cm³/mol. The Balaban J connectivity index is 2.28. The van der Waals surface area contributed by atoms with Crippen LogP contribution in [0.25, 0.3) is 0 Å². The van der Waals surface area contributed by atoms with Gasteiger partial charge in [0.15, 0.2) is 0 Å². The third-order valence-corrected chi connectivity index (χ3v) is 4.67. The molecular weight excluding hydrogens is 413 g/mol. The molecule has 98 valence electrons. The average molecular weight is 422 g/mol. The van der Waals surface area contributed by atoms with Crippen LogP contribution in [0.1, 0.15) is 10.4 Å². The topological polar surface area (TPSA) is 29.1 Å². The highest BCUT2D eigenvalue weighted by atomic mass is 79.9. The van der Waals surface area contributed by atoms with Gasteiger partial charge in [-0.25, -0.2) is 0 Å². The minimum Gasteiger partial charge on any atom is -0.321 e. The van der Waals surface area contributed by atoms with Crippen molar-refractivity contribution < 1.29 is 4.79 Å². The molecule has 0 saturated carbocycles. The van der Waals surface area contributed by atoms with Gasteiger partial charge in [-0.05, 0) is 46.3 Å². The van der Waals surface area contributed by atoms with Crippen LogP contribution in [0.15, 0.2) is 50.2 Å². The number of benzene rings is 2. The molecule has 2 nitrogen and oxygen atoms in total. The van der Waals surface area contributed by atoms with Crippen molar-refractivity contribution in [2.75, 3.05) is 5.32 Å². The zero-order valence-electron chi connectivity index (χ0n) is 9.45. The van der Waals surface area contributed by atoms with Crippen molar-refractivity contribution in [3.63, 3.8) is 0 Å². The summed E-state index contributed by atoms with van der Waals surface area (Å²) in [4.78, 5) is 12.8. The first-order chi connectivity index (χ1) is 8.99. The number of thiol groups is 1. The molecule has 19 heavy (non-hydrogen) atoms. The molecule has 0 saturated heterocycles. The summed E-state index contributed by atoms with van der Waals surface area (Å²) in [6, 6.07) is 10.6. The maximum atomic E-state index is 12.2. The van der Waals surface area contributed by atoms with Crippen LogP contribution in [0.4, 0.5) is 5.69 Å². The quantitative estimate of drug-likeness (QED) is 0.624. The van der Waals surface area contributed by atoms with Crippen molar-refractivity contribution in [2.45, 2.75) is 4.90 Å². The highest BCUT2D eigenvalue weighted by molar-refractivity contribution is 9.11. The van der Waals surface area contributed by atoms with Gasteiger partial charge < -0.3 is 5.32 Å². The van der Waals surface area contributed by atoms with E-state index in [-0.39, 0.29) is 5.91 Å². The van der Waals surface area contributed by atoms with E-state index in [2.05, 4.69) is 49.8 Å². The maximum Gasteiger partial charge on any atom is 0.256 e. The van der Waals surface area contributed by atoms with Crippen LogP contribution in [0.2, 0.25) is 5.02 Å². The van der Waals surface area contributed by atoms with Crippen molar-refractivity contribution in [2.24, 2.45) is 0 Å². The summed E-state index contributed by atoms with van der Waals surface area (Å²) in [6.07, 6.45) is 0. The van der Waals surface area contributed by atoms with Gasteiger partial charge in [-0.1, -0.05) is 33.6 Å². The number of nitrogens with one attached hydrogen (secondary N) is 1. The average Bonchev–Trinajstić information content (AvgIpc) is 2.34. The Bertz CT molecular complexity index is 649. The van der Waals surface area contributed by atoms with Crippen molar-refractivity contribution in [1.29, 1.82) is 0 Å². The van der Waals surface area contributed by atoms with Crippen LogP contribution in [-0.4, -0.2) is 5.91 Å². The molecule has 2 aromatic rings. The van der Waals surface area contributed by atoms with E-state index in [1.165, 1.54) is 0 Å². The molecule has 2 aromatic carbocycles. The Hall–Kier alpha value is -0.490. The van der Waals surface area contributed by atoms with Gasteiger partial charge in [-0.2, -0.15) is 0 Å². The fourth-order valence-corrected chi connectivity index (χ4v) is 2.88. The van der Waals surface area contributed by atoms with E-state index in [1.54, 1.807) is 36.4 Å². The fourth-order valence-electron chi connectivity index (χ4n) is 1.49. The lowest BCUT2D eigenvalue weighted by molar-refractivity contribution is 0.102. The monoisotopic (exact) mass is 419 g/mol. The Labute approximate surface area is 138 Å². The second kappa shape index (κ2) is 6.31. The second-order valence-corrected chi connectivity index (χ2v) is 6.31. The molecule has 0 atom stereocenters. The lowest BCUT2D eigenvalue weighted by Crippen LogP contribution is -2.13. The van der Waals surface area contributed by atoms with E-state index in [0.717, 1.165) is 4.47 Å². The molecule has 0 aliphatic rings. The summed E-state index contributed by atoms with van der Waals surface area (Å²) in [5.41, 5.74) is 1.12. The maximum absolute atomic E-state index is 12.2. The smallest absolute Gasteiger partial charge is 0.256 e. The fraction of sp³-hybridized carbons (Fsp3) is 0. The predicted octanol–water partition coefficient (Wildman–Crippen LogP) is 5.41. The van der Waals surface area contributed by atoms with E-state index in [9.17, 15) is 4.79 Å². The van der Waals surface area contributed by atoms with Gasteiger partial charge in [0.25, 0.3) is 5.91 Å². The highest BCUT2D eigenvalue weighted by Crippen LogP contribution is 2.30. The molecule has 0 aliphatic carbocycles. The second-order valence-electron chi connectivity index (χ2n) is 3.72. The van der Waals surface area contributed by atoms with E-state index in [1.807, 2.05) is 0 Å². The Morgan fingerprint density at radius 2 is 1.95 bits per heavy atom. The lowest BCUT2D eigenvalue weighted by Gasteiger charge is -2.10. The number of halogens is 3. The van der Waals surface area contributed by atoms with Crippen LogP contribution in [0.5, 0.6) is 0 Å². The SMILES string of the molecule is O=C(Nc1cccc(Cl)c1Br)c1ccc(Br)cc1S. The number of carbonyl (C=O) groups excluding carboxylic acids is 1. The van der Waals surface area contributed by atoms with Crippen LogP contribution in [0, 0.1) is 0 Å². The summed E-state index contributed by atoms with van der Waals surface area (Å²) in [6.45, 7) is 0. The Kier molecular flexibility index (Phi) is 4.95. The van der Waals surface area contributed by atoms with Crippen molar-refractivity contribution in [3.05, 3.63) is 55.9 Å². The van der Waals surface area contributed by atoms with Crippen LogP contribution in [0.3, 0.4) is 0 Å². The van der Waals surface area contributed by atoms with Gasteiger partial charge in [0.05, 0.1) is 20.7 Å². The van der Waals surface area contributed by atoms with Gasteiger partial charge in [0.1, 0.15) is 0 Å². The molecular formula is C13H8Br2ClNOS. The molecule has 0 unspecified atom stereocenters. The van der Waals surface area contributed by atoms with Crippen LogP contribution < -0.4 is 5.32 Å². The molecule has 0 fully saturated rings. The molecule has 2 rings (SSSR count). The minimum absolute atomic E-state index is 0.236. The summed E-state index contributed by atoms with van der Waals surface area (Å²) in [7, 11) is 0. The molecule has 0 aromatic heterocycles. The van der Waals surface area contributed by atoms with E-state index in [0.29, 0.717) is 25.6 Å². The molecule has 0 aliphatic heterocycles. The lowest BCUT2D eigenvalue weighted by atomic mass is 10.2. The molecule has 6 heteroatoms. The third kappa shape index (κ3) is 3.54. The van der Waals surface area contributed by atoms with E-state index >= 15 is 0 Å². The van der Waals surface area contributed by atoms with E-state index < -0.39 is 0 Å². The Morgan fingerprint density at radius 1 is 1.21 bits per heavy atom. The first-order valence-corrected chi connectivity index (χ1v) is 7.64. The normalized spacial score (nSPS) is 10.3. The summed E-state index contributed by atoms with van der Waals surface area (Å²) in [5, 5.41) is 3.33. The summed E-state index contributed by atoms with van der Waals surface area (Å²) < 4.78 is 1.53. The standard InChI is InChI=1S/C13H8Br2ClNOS/c14-7-4-5-8(11(19)6-7)13(18)17-10-3-1-2-9(16)12(10)15/h1-6,19H,(H,17,18). The number of anilines is 1. The highest BCUT2D eigenvalue weighted by Gasteiger charge is 2.12. The number of rotatable bonds is 2. The van der Waals surface area contributed by atoms with E-state index in [4.69, 9.17) is 11.6 Å². The van der Waals surface area contributed by atoms with Gasteiger partial charge in [0.2, 0.25) is 0 Å². The minimum atomic E-state index is -0.236. The van der Waals surface area contributed by atoms with Crippen LogP contribution >= 0.6 is 56.1 Å².